The number of hydrogen-bond acceptors (Lipinski definition) is 7. The van der Waals surface area contributed by atoms with Crippen LogP contribution in [0.1, 0.15) is 37.0 Å². The van der Waals surface area contributed by atoms with Crippen LogP contribution in [-0.2, 0) is 0 Å². The molecule has 3 rings (SSSR count). The van der Waals surface area contributed by atoms with E-state index in [1.54, 1.807) is 26.4 Å². The molecule has 0 fully saturated rings. The van der Waals surface area contributed by atoms with Crippen molar-refractivity contribution in [2.24, 2.45) is 0 Å². The second-order valence-corrected chi connectivity index (χ2v) is 8.43. The molecule has 2 heterocycles. The Morgan fingerprint density at radius 2 is 1.82 bits per heavy atom. The number of nitrogens with one attached hydrogen (secondary N) is 2. The van der Waals surface area contributed by atoms with E-state index in [4.69, 9.17) is 0 Å². The molecule has 3 aromatic rings. The van der Waals surface area contributed by atoms with Crippen LogP contribution in [0, 0.1) is 20.8 Å². The third-order valence-electron chi connectivity index (χ3n) is 3.98. The van der Waals surface area contributed by atoms with Crippen LogP contribution in [0.3, 0.4) is 0 Å². The van der Waals surface area contributed by atoms with E-state index >= 15 is 0 Å². The zero-order valence-corrected chi connectivity index (χ0v) is 17.9. The highest BCUT2D eigenvalue weighted by Crippen LogP contribution is 2.26. The van der Waals surface area contributed by atoms with E-state index < -0.39 is 0 Å². The van der Waals surface area contributed by atoms with Gasteiger partial charge in [-0.15, -0.1) is 11.3 Å². The van der Waals surface area contributed by atoms with E-state index in [2.05, 4.69) is 26.7 Å². The summed E-state index contributed by atoms with van der Waals surface area (Å²) in [6, 6.07) is 6.10. The van der Waals surface area contributed by atoms with Crippen molar-refractivity contribution in [2.45, 2.75) is 20.8 Å². The van der Waals surface area contributed by atoms with Gasteiger partial charge in [0.1, 0.15) is 10.6 Å². The summed E-state index contributed by atoms with van der Waals surface area (Å²) in [6.07, 6.45) is 0. The van der Waals surface area contributed by atoms with Crippen LogP contribution in [-0.4, -0.2) is 40.8 Å². The molecule has 0 aliphatic carbocycles. The monoisotopic (exact) mass is 415 g/mol. The number of amides is 2. The third kappa shape index (κ3) is 4.37. The number of nitrogens with zero attached hydrogens (tertiary/aromatic N) is 3. The van der Waals surface area contributed by atoms with Crippen LogP contribution in [0.4, 0.5) is 16.0 Å². The largest absolute Gasteiger partial charge is 0.344 e. The van der Waals surface area contributed by atoms with Gasteiger partial charge in [0.2, 0.25) is 0 Å². The number of anilines is 3. The van der Waals surface area contributed by atoms with Crippen molar-refractivity contribution in [3.05, 3.63) is 51.0 Å². The first-order valence-electron chi connectivity index (χ1n) is 8.55. The Bertz CT molecular complexity index is 1040. The Morgan fingerprint density at radius 1 is 1.07 bits per heavy atom. The predicted octanol–water partition coefficient (Wildman–Crippen LogP) is 4.22. The highest BCUT2D eigenvalue weighted by molar-refractivity contribution is 7.17. The van der Waals surface area contributed by atoms with Gasteiger partial charge in [-0.25, -0.2) is 9.97 Å². The topological polar surface area (TPSA) is 87.2 Å². The van der Waals surface area contributed by atoms with Crippen LogP contribution < -0.4 is 10.6 Å². The fraction of sp³-hybridized carbons (Fsp3) is 0.263. The van der Waals surface area contributed by atoms with Crippen molar-refractivity contribution in [3.63, 3.8) is 0 Å². The number of carbonyl (C=O) groups is 2. The molecular weight excluding hydrogens is 394 g/mol. The van der Waals surface area contributed by atoms with Gasteiger partial charge >= 0.3 is 0 Å². The molecule has 0 aliphatic rings. The van der Waals surface area contributed by atoms with Gasteiger partial charge in [-0.3, -0.25) is 14.9 Å². The predicted molar refractivity (Wildman–Crippen MR) is 114 cm³/mol. The summed E-state index contributed by atoms with van der Waals surface area (Å²) in [7, 11) is 3.36. The number of carbonyl (C=O) groups excluding carboxylic acids is 2. The van der Waals surface area contributed by atoms with Gasteiger partial charge in [-0.2, -0.15) is 0 Å². The zero-order chi connectivity index (χ0) is 20.4. The second-order valence-electron chi connectivity index (χ2n) is 6.57. The number of aromatic nitrogens is 2. The summed E-state index contributed by atoms with van der Waals surface area (Å²) >= 11 is 2.51. The van der Waals surface area contributed by atoms with Gasteiger partial charge in [-0.1, -0.05) is 29.0 Å². The van der Waals surface area contributed by atoms with E-state index in [0.717, 1.165) is 22.6 Å². The molecule has 146 valence electrons. The zero-order valence-electron chi connectivity index (χ0n) is 16.3. The van der Waals surface area contributed by atoms with Gasteiger partial charge in [0.05, 0.1) is 5.69 Å². The van der Waals surface area contributed by atoms with Gasteiger partial charge in [-0.05, 0) is 32.4 Å². The van der Waals surface area contributed by atoms with Gasteiger partial charge in [0.15, 0.2) is 10.3 Å². The molecule has 0 saturated heterocycles. The van der Waals surface area contributed by atoms with Crippen molar-refractivity contribution in [1.82, 2.24) is 14.9 Å². The Labute approximate surface area is 171 Å². The Hall–Kier alpha value is -2.78. The lowest BCUT2D eigenvalue weighted by molar-refractivity contribution is 0.0831. The summed E-state index contributed by atoms with van der Waals surface area (Å²) in [4.78, 5) is 35.2. The van der Waals surface area contributed by atoms with Crippen molar-refractivity contribution in [1.29, 1.82) is 0 Å². The maximum atomic E-state index is 12.5. The van der Waals surface area contributed by atoms with E-state index in [-0.39, 0.29) is 11.8 Å². The van der Waals surface area contributed by atoms with E-state index in [0.29, 0.717) is 26.5 Å². The molecule has 0 bridgehead atoms. The number of benzene rings is 1. The fourth-order valence-electron chi connectivity index (χ4n) is 2.52. The molecule has 0 atom stereocenters. The average Bonchev–Trinajstić information content (AvgIpc) is 3.23. The van der Waals surface area contributed by atoms with Crippen molar-refractivity contribution in [3.8, 4) is 0 Å². The number of thiazole rings is 2. The molecule has 0 spiro atoms. The molecule has 0 unspecified atom stereocenters. The first kappa shape index (κ1) is 20.0. The van der Waals surface area contributed by atoms with Gasteiger partial charge in [0, 0.05) is 25.2 Å². The second kappa shape index (κ2) is 8.07. The van der Waals surface area contributed by atoms with Crippen LogP contribution in [0.2, 0.25) is 0 Å². The first-order chi connectivity index (χ1) is 13.2. The lowest BCUT2D eigenvalue weighted by Crippen LogP contribution is -2.21. The first-order valence-corrected chi connectivity index (χ1v) is 10.2. The Balaban J connectivity index is 1.71. The normalized spacial score (nSPS) is 10.6. The minimum atomic E-state index is -0.359. The standard InChI is InChI=1S/C19H21N5O2S2/c1-10-6-7-13(11(2)8-10)21-18-22-14(9-27-18)16(25)23-19-20-12(3)15(28-19)17(26)24(4)5/h6-9H,1-5H3,(H,21,22)(H,20,23,25). The van der Waals surface area contributed by atoms with Crippen molar-refractivity contribution < 1.29 is 9.59 Å². The van der Waals surface area contributed by atoms with Crippen LogP contribution >= 0.6 is 22.7 Å². The smallest absolute Gasteiger partial charge is 0.276 e. The Morgan fingerprint density at radius 3 is 2.50 bits per heavy atom. The van der Waals surface area contributed by atoms with Crippen molar-refractivity contribution in [2.75, 3.05) is 24.7 Å². The average molecular weight is 416 g/mol. The fourth-order valence-corrected chi connectivity index (χ4v) is 4.20. The van der Waals surface area contributed by atoms with Crippen LogP contribution in [0.5, 0.6) is 0 Å². The van der Waals surface area contributed by atoms with Crippen LogP contribution in [0.15, 0.2) is 23.6 Å². The molecule has 28 heavy (non-hydrogen) atoms. The quantitative estimate of drug-likeness (QED) is 0.651. The van der Waals surface area contributed by atoms with Gasteiger partial charge < -0.3 is 10.2 Å². The third-order valence-corrected chi connectivity index (χ3v) is 5.80. The molecule has 9 heteroatoms. The molecule has 2 amide bonds. The lowest BCUT2D eigenvalue weighted by Gasteiger charge is -2.07. The molecule has 1 aromatic carbocycles. The summed E-state index contributed by atoms with van der Waals surface area (Å²) in [5, 5.41) is 8.67. The summed E-state index contributed by atoms with van der Waals surface area (Å²) < 4.78 is 0. The maximum Gasteiger partial charge on any atom is 0.276 e. The minimum absolute atomic E-state index is 0.135. The number of rotatable bonds is 5. The van der Waals surface area contributed by atoms with Crippen LogP contribution in [0.25, 0.3) is 0 Å². The Kier molecular flexibility index (Phi) is 5.76. The summed E-state index contributed by atoms with van der Waals surface area (Å²) in [6.45, 7) is 5.81. The van der Waals surface area contributed by atoms with E-state index in [1.807, 2.05) is 26.0 Å². The van der Waals surface area contributed by atoms with Crippen molar-refractivity contribution >= 4 is 50.4 Å². The lowest BCUT2D eigenvalue weighted by atomic mass is 10.1. The molecule has 0 aliphatic heterocycles. The number of hydrogen-bond donors (Lipinski definition) is 2. The highest BCUT2D eigenvalue weighted by Gasteiger charge is 2.19. The maximum absolute atomic E-state index is 12.5. The number of aryl methyl sites for hydroxylation is 3. The molecular formula is C19H21N5O2S2. The molecule has 2 aromatic heterocycles. The molecule has 0 saturated carbocycles. The minimum Gasteiger partial charge on any atom is -0.344 e. The molecule has 2 N–H and O–H groups in total. The molecule has 0 radical (unpaired) electrons. The summed E-state index contributed by atoms with van der Waals surface area (Å²) in [5.41, 5.74) is 4.14. The molecule has 7 nitrogen and oxygen atoms in total. The SMILES string of the molecule is Cc1ccc(Nc2nc(C(=O)Nc3nc(C)c(C(=O)N(C)C)s3)cs2)c(C)c1. The highest BCUT2D eigenvalue weighted by atomic mass is 32.1. The van der Waals surface area contributed by atoms with Gasteiger partial charge in [0.25, 0.3) is 11.8 Å². The summed E-state index contributed by atoms with van der Waals surface area (Å²) in [5.74, 6) is -0.494. The van der Waals surface area contributed by atoms with E-state index in [9.17, 15) is 9.59 Å². The van der Waals surface area contributed by atoms with E-state index in [1.165, 1.54) is 21.8 Å².